The van der Waals surface area contributed by atoms with Gasteiger partial charge in [-0.25, -0.2) is 0 Å². The predicted octanol–water partition coefficient (Wildman–Crippen LogP) is 1.62. The Labute approximate surface area is 74.5 Å². The maximum absolute atomic E-state index is 10.9. The van der Waals surface area contributed by atoms with Gasteiger partial charge in [-0.15, -0.1) is 0 Å². The number of hydrogen-bond donors (Lipinski definition) is 0. The zero-order valence-corrected chi connectivity index (χ0v) is 8.13. The number of cyclic esters (lactones) is 1. The van der Waals surface area contributed by atoms with Crippen molar-refractivity contribution in [3.05, 3.63) is 0 Å². The zero-order chi connectivity index (χ0) is 7.56. The minimum absolute atomic E-state index is 0.00386. The normalized spacial score (nSPS) is 32.4. The molecule has 1 rings (SSSR count). The second-order valence-corrected chi connectivity index (χ2v) is 3.44. The molecular formula is C7H11IO2. The fraction of sp³-hybridized carbons (Fsp3) is 0.857. The molecule has 0 aromatic carbocycles. The van der Waals surface area contributed by atoms with Crippen LogP contribution >= 0.6 is 22.6 Å². The van der Waals surface area contributed by atoms with Crippen LogP contribution in [-0.2, 0) is 9.53 Å². The molecule has 1 aliphatic rings. The van der Waals surface area contributed by atoms with E-state index >= 15 is 0 Å². The van der Waals surface area contributed by atoms with Crippen molar-refractivity contribution in [3.8, 4) is 0 Å². The van der Waals surface area contributed by atoms with Gasteiger partial charge >= 0.3 is 5.97 Å². The molecule has 0 spiro atoms. The first kappa shape index (κ1) is 8.30. The first-order chi connectivity index (χ1) is 4.79. The molecule has 0 unspecified atom stereocenters. The molecular weight excluding hydrogens is 243 g/mol. The van der Waals surface area contributed by atoms with E-state index in [4.69, 9.17) is 4.74 Å². The Kier molecular flexibility index (Phi) is 2.95. The third-order valence-corrected chi connectivity index (χ3v) is 3.08. The van der Waals surface area contributed by atoms with E-state index < -0.39 is 0 Å². The lowest BCUT2D eigenvalue weighted by molar-refractivity contribution is -0.141. The Hall–Kier alpha value is 0.200. The van der Waals surface area contributed by atoms with E-state index in [0.717, 1.165) is 10.8 Å². The summed E-state index contributed by atoms with van der Waals surface area (Å²) in [6.45, 7) is 2.68. The number of esters is 1. The van der Waals surface area contributed by atoms with Crippen LogP contribution < -0.4 is 0 Å². The highest BCUT2D eigenvalue weighted by atomic mass is 127. The first-order valence-electron chi connectivity index (χ1n) is 3.52. The maximum Gasteiger partial charge on any atom is 0.309 e. The SMILES string of the molecule is CC[C@H]1C(=O)OC[C@@H]1CI. The van der Waals surface area contributed by atoms with Gasteiger partial charge in [0, 0.05) is 10.3 Å². The number of carbonyl (C=O) groups is 1. The van der Waals surface area contributed by atoms with E-state index in [-0.39, 0.29) is 11.9 Å². The molecule has 0 aliphatic carbocycles. The van der Waals surface area contributed by atoms with Gasteiger partial charge in [0.2, 0.25) is 0 Å². The summed E-state index contributed by atoms with van der Waals surface area (Å²) >= 11 is 2.31. The molecule has 3 heteroatoms. The van der Waals surface area contributed by atoms with Crippen LogP contribution in [0, 0.1) is 11.8 Å². The van der Waals surface area contributed by atoms with Crippen molar-refractivity contribution in [3.63, 3.8) is 0 Å². The molecule has 0 saturated carbocycles. The topological polar surface area (TPSA) is 26.3 Å². The summed E-state index contributed by atoms with van der Waals surface area (Å²) in [7, 11) is 0. The van der Waals surface area contributed by atoms with E-state index in [0.29, 0.717) is 12.5 Å². The Morgan fingerprint density at radius 2 is 2.50 bits per heavy atom. The Morgan fingerprint density at radius 1 is 1.80 bits per heavy atom. The third kappa shape index (κ3) is 1.44. The fourth-order valence-electron chi connectivity index (χ4n) is 1.26. The largest absolute Gasteiger partial charge is 0.465 e. The minimum Gasteiger partial charge on any atom is -0.465 e. The van der Waals surface area contributed by atoms with E-state index in [1.54, 1.807) is 0 Å². The molecule has 0 N–H and O–H groups in total. The Balaban J connectivity index is 2.54. The predicted molar refractivity (Wildman–Crippen MR) is 47.1 cm³/mol. The van der Waals surface area contributed by atoms with Gasteiger partial charge < -0.3 is 4.74 Å². The number of rotatable bonds is 2. The fourth-order valence-corrected chi connectivity index (χ4v) is 2.13. The van der Waals surface area contributed by atoms with Crippen LogP contribution in [0.5, 0.6) is 0 Å². The quantitative estimate of drug-likeness (QED) is 0.425. The van der Waals surface area contributed by atoms with Gasteiger partial charge in [0.1, 0.15) is 0 Å². The van der Waals surface area contributed by atoms with Crippen molar-refractivity contribution >= 4 is 28.6 Å². The molecule has 1 saturated heterocycles. The summed E-state index contributed by atoms with van der Waals surface area (Å²) in [5, 5.41) is 0. The van der Waals surface area contributed by atoms with Gasteiger partial charge in [0.05, 0.1) is 12.5 Å². The van der Waals surface area contributed by atoms with E-state index in [2.05, 4.69) is 22.6 Å². The highest BCUT2D eigenvalue weighted by Crippen LogP contribution is 2.26. The molecule has 58 valence electrons. The van der Waals surface area contributed by atoms with Crippen molar-refractivity contribution in [1.29, 1.82) is 0 Å². The molecule has 1 aliphatic heterocycles. The lowest BCUT2D eigenvalue weighted by atomic mass is 9.95. The van der Waals surface area contributed by atoms with Gasteiger partial charge in [-0.2, -0.15) is 0 Å². The third-order valence-electron chi connectivity index (χ3n) is 1.95. The highest BCUT2D eigenvalue weighted by molar-refractivity contribution is 14.1. The van der Waals surface area contributed by atoms with Crippen LogP contribution in [0.25, 0.3) is 0 Å². The summed E-state index contributed by atoms with van der Waals surface area (Å²) in [6, 6.07) is 0. The molecule has 0 aromatic rings. The summed E-state index contributed by atoms with van der Waals surface area (Å²) in [5.41, 5.74) is 0. The molecule has 1 fully saturated rings. The van der Waals surface area contributed by atoms with Gasteiger partial charge in [-0.1, -0.05) is 29.5 Å². The van der Waals surface area contributed by atoms with Crippen LogP contribution in [-0.4, -0.2) is 17.0 Å². The smallest absolute Gasteiger partial charge is 0.309 e. The molecule has 0 radical (unpaired) electrons. The maximum atomic E-state index is 10.9. The van der Waals surface area contributed by atoms with Crippen molar-refractivity contribution in [2.24, 2.45) is 11.8 Å². The second kappa shape index (κ2) is 3.55. The monoisotopic (exact) mass is 254 g/mol. The van der Waals surface area contributed by atoms with E-state index in [1.165, 1.54) is 0 Å². The number of carbonyl (C=O) groups excluding carboxylic acids is 1. The van der Waals surface area contributed by atoms with Crippen molar-refractivity contribution in [2.45, 2.75) is 13.3 Å². The summed E-state index contributed by atoms with van der Waals surface area (Å²) in [6.07, 6.45) is 0.923. The van der Waals surface area contributed by atoms with Crippen LogP contribution in [0.1, 0.15) is 13.3 Å². The standard InChI is InChI=1S/C7H11IO2/c1-2-6-5(3-8)4-10-7(6)9/h5-6H,2-4H2,1H3/t5-,6+/m0/s1. The number of ether oxygens (including phenoxy) is 1. The minimum atomic E-state index is 0.00386. The Bertz CT molecular complexity index is 136. The highest BCUT2D eigenvalue weighted by Gasteiger charge is 2.34. The van der Waals surface area contributed by atoms with Gasteiger partial charge in [-0.3, -0.25) is 4.79 Å². The van der Waals surface area contributed by atoms with Gasteiger partial charge in [0.25, 0.3) is 0 Å². The van der Waals surface area contributed by atoms with Crippen molar-refractivity contribution in [2.75, 3.05) is 11.0 Å². The van der Waals surface area contributed by atoms with Crippen LogP contribution in [0.3, 0.4) is 0 Å². The molecule has 2 nitrogen and oxygen atoms in total. The molecule has 0 bridgehead atoms. The molecule has 2 atom stereocenters. The van der Waals surface area contributed by atoms with Gasteiger partial charge in [-0.05, 0) is 6.42 Å². The van der Waals surface area contributed by atoms with E-state index in [1.807, 2.05) is 6.92 Å². The van der Waals surface area contributed by atoms with Crippen molar-refractivity contribution in [1.82, 2.24) is 0 Å². The van der Waals surface area contributed by atoms with Crippen LogP contribution in [0.4, 0.5) is 0 Å². The molecule has 1 heterocycles. The number of alkyl halides is 1. The number of hydrogen-bond acceptors (Lipinski definition) is 2. The average molecular weight is 254 g/mol. The van der Waals surface area contributed by atoms with Crippen LogP contribution in [0.15, 0.2) is 0 Å². The lowest BCUT2D eigenvalue weighted by Gasteiger charge is -2.07. The van der Waals surface area contributed by atoms with E-state index in [9.17, 15) is 4.79 Å². The number of halogens is 1. The van der Waals surface area contributed by atoms with Gasteiger partial charge in [0.15, 0.2) is 0 Å². The van der Waals surface area contributed by atoms with Crippen LogP contribution in [0.2, 0.25) is 0 Å². The summed E-state index contributed by atoms with van der Waals surface area (Å²) in [5.74, 6) is 0.652. The average Bonchev–Trinajstić information content (AvgIpc) is 2.30. The second-order valence-electron chi connectivity index (χ2n) is 2.56. The summed E-state index contributed by atoms with van der Waals surface area (Å²) < 4.78 is 5.95. The molecule has 0 aromatic heterocycles. The zero-order valence-electron chi connectivity index (χ0n) is 5.97. The molecule has 0 amide bonds. The Morgan fingerprint density at radius 3 is 2.90 bits per heavy atom. The van der Waals surface area contributed by atoms with Crippen molar-refractivity contribution < 1.29 is 9.53 Å². The summed E-state index contributed by atoms with van der Waals surface area (Å²) in [4.78, 5) is 10.9. The molecule has 10 heavy (non-hydrogen) atoms. The lowest BCUT2D eigenvalue weighted by Crippen LogP contribution is -2.15. The first-order valence-corrected chi connectivity index (χ1v) is 5.04.